The van der Waals surface area contributed by atoms with Crippen molar-refractivity contribution in [2.45, 2.75) is 38.2 Å². The Balaban J connectivity index is 1.84. The number of ether oxygens (including phenoxy) is 1. The highest BCUT2D eigenvalue weighted by atomic mass is 35.5. The highest BCUT2D eigenvalue weighted by molar-refractivity contribution is 6.30. The monoisotopic (exact) mass is 270 g/mol. The molecule has 1 aliphatic heterocycles. The van der Waals surface area contributed by atoms with Crippen molar-refractivity contribution in [1.29, 1.82) is 0 Å². The Labute approximate surface area is 111 Å². The number of carbonyl (C=O) groups excluding carboxylic acids is 1. The zero-order chi connectivity index (χ0) is 13.0. The van der Waals surface area contributed by atoms with Crippen LogP contribution in [0.3, 0.4) is 0 Å². The van der Waals surface area contributed by atoms with Gasteiger partial charge >= 0.3 is 0 Å². The Morgan fingerprint density at radius 2 is 2.33 bits per heavy atom. The van der Waals surface area contributed by atoms with Gasteiger partial charge in [-0.2, -0.15) is 0 Å². The summed E-state index contributed by atoms with van der Waals surface area (Å²) in [6.07, 6.45) is 3.59. The maximum absolute atomic E-state index is 13.6. The van der Waals surface area contributed by atoms with Gasteiger partial charge in [-0.15, -0.1) is 0 Å². The first-order chi connectivity index (χ1) is 8.66. The van der Waals surface area contributed by atoms with Crippen LogP contribution in [0.15, 0.2) is 18.2 Å². The summed E-state index contributed by atoms with van der Waals surface area (Å²) >= 11 is 5.67. The van der Waals surface area contributed by atoms with E-state index in [9.17, 15) is 9.18 Å². The zero-order valence-corrected chi connectivity index (χ0v) is 10.9. The number of halogens is 2. The van der Waals surface area contributed by atoms with Crippen molar-refractivity contribution in [3.8, 4) is 0 Å². The van der Waals surface area contributed by atoms with E-state index in [0.29, 0.717) is 12.0 Å². The van der Waals surface area contributed by atoms with Crippen LogP contribution in [0.5, 0.6) is 0 Å². The Morgan fingerprint density at radius 3 is 3.06 bits per heavy atom. The summed E-state index contributed by atoms with van der Waals surface area (Å²) in [5.74, 6) is -0.448. The van der Waals surface area contributed by atoms with Gasteiger partial charge in [-0.05, 0) is 30.9 Å². The van der Waals surface area contributed by atoms with Crippen LogP contribution in [0.1, 0.15) is 31.2 Å². The molecular weight excluding hydrogens is 255 g/mol. The lowest BCUT2D eigenvalue weighted by atomic mass is 10.0. The van der Waals surface area contributed by atoms with E-state index >= 15 is 0 Å². The van der Waals surface area contributed by atoms with Gasteiger partial charge in [0.2, 0.25) is 0 Å². The van der Waals surface area contributed by atoms with E-state index in [1.165, 1.54) is 6.07 Å². The average Bonchev–Trinajstić information content (AvgIpc) is 2.86. The Bertz CT molecular complexity index is 428. The minimum Gasteiger partial charge on any atom is -0.378 e. The van der Waals surface area contributed by atoms with Crippen molar-refractivity contribution in [1.82, 2.24) is 0 Å². The molecule has 0 aromatic heterocycles. The lowest BCUT2D eigenvalue weighted by molar-refractivity contribution is -0.119. The summed E-state index contributed by atoms with van der Waals surface area (Å²) in [5.41, 5.74) is 0.375. The van der Waals surface area contributed by atoms with Gasteiger partial charge in [0.1, 0.15) is 11.6 Å². The lowest BCUT2D eigenvalue weighted by Gasteiger charge is -2.08. The van der Waals surface area contributed by atoms with E-state index in [2.05, 4.69) is 0 Å². The third kappa shape index (κ3) is 3.53. The number of rotatable bonds is 5. The molecule has 0 spiro atoms. The first-order valence-electron chi connectivity index (χ1n) is 6.23. The molecule has 0 saturated carbocycles. The third-order valence-corrected chi connectivity index (χ3v) is 3.48. The van der Waals surface area contributed by atoms with Crippen LogP contribution in [0.25, 0.3) is 0 Å². The molecule has 1 heterocycles. The minimum atomic E-state index is -0.482. The number of hydrogen-bond acceptors (Lipinski definition) is 2. The number of benzene rings is 1. The van der Waals surface area contributed by atoms with Crippen LogP contribution in [-0.4, -0.2) is 18.5 Å². The molecule has 0 bridgehead atoms. The average molecular weight is 271 g/mol. The van der Waals surface area contributed by atoms with Gasteiger partial charge in [0, 0.05) is 19.4 Å². The molecule has 1 aliphatic rings. The van der Waals surface area contributed by atoms with Crippen molar-refractivity contribution >= 4 is 17.4 Å². The van der Waals surface area contributed by atoms with E-state index in [-0.39, 0.29) is 23.3 Å². The first kappa shape index (κ1) is 13.5. The smallest absolute Gasteiger partial charge is 0.145 e. The zero-order valence-electron chi connectivity index (χ0n) is 10.1. The maximum Gasteiger partial charge on any atom is 0.145 e. The second kappa shape index (κ2) is 6.30. The van der Waals surface area contributed by atoms with Gasteiger partial charge < -0.3 is 4.74 Å². The predicted molar refractivity (Wildman–Crippen MR) is 68.3 cm³/mol. The van der Waals surface area contributed by atoms with Crippen molar-refractivity contribution < 1.29 is 13.9 Å². The fourth-order valence-electron chi connectivity index (χ4n) is 2.18. The van der Waals surface area contributed by atoms with E-state index in [1.54, 1.807) is 12.1 Å². The second-order valence-corrected chi connectivity index (χ2v) is 5.01. The Hall–Kier alpha value is -0.930. The van der Waals surface area contributed by atoms with Crippen molar-refractivity contribution in [2.75, 3.05) is 6.61 Å². The van der Waals surface area contributed by atoms with Gasteiger partial charge in [0.15, 0.2) is 0 Å². The van der Waals surface area contributed by atoms with Gasteiger partial charge in [0.05, 0.1) is 11.1 Å². The standard InChI is InChI=1S/C14H16ClFO2/c15-13-5-1-3-10(14(13)16)9-11(17)6-7-12-4-2-8-18-12/h1,3,5,12H,2,4,6-9H2. The van der Waals surface area contributed by atoms with Gasteiger partial charge in [0.25, 0.3) is 0 Å². The molecule has 0 N–H and O–H groups in total. The molecule has 1 aromatic carbocycles. The molecule has 4 heteroatoms. The van der Waals surface area contributed by atoms with Crippen LogP contribution in [0.2, 0.25) is 5.02 Å². The van der Waals surface area contributed by atoms with E-state index in [4.69, 9.17) is 16.3 Å². The molecule has 1 fully saturated rings. The molecule has 1 aromatic rings. The molecule has 1 unspecified atom stereocenters. The SMILES string of the molecule is O=C(CCC1CCCO1)Cc1cccc(Cl)c1F. The largest absolute Gasteiger partial charge is 0.378 e. The minimum absolute atomic E-state index is 0.0340. The number of carbonyl (C=O) groups is 1. The van der Waals surface area contributed by atoms with Crippen LogP contribution in [0.4, 0.5) is 4.39 Å². The highest BCUT2D eigenvalue weighted by Crippen LogP contribution is 2.20. The molecule has 2 nitrogen and oxygen atoms in total. The normalized spacial score (nSPS) is 19.1. The molecule has 2 rings (SSSR count). The Kier molecular flexibility index (Phi) is 4.72. The van der Waals surface area contributed by atoms with Crippen molar-refractivity contribution in [3.63, 3.8) is 0 Å². The molecule has 1 atom stereocenters. The summed E-state index contributed by atoms with van der Waals surface area (Å²) in [7, 11) is 0. The van der Waals surface area contributed by atoms with Crippen LogP contribution in [0, 0.1) is 5.82 Å². The third-order valence-electron chi connectivity index (χ3n) is 3.19. The molecule has 98 valence electrons. The molecule has 1 saturated heterocycles. The summed E-state index contributed by atoms with van der Waals surface area (Å²) in [6.45, 7) is 0.793. The van der Waals surface area contributed by atoms with Crippen LogP contribution >= 0.6 is 11.6 Å². The second-order valence-electron chi connectivity index (χ2n) is 4.60. The maximum atomic E-state index is 13.6. The Morgan fingerprint density at radius 1 is 1.50 bits per heavy atom. The lowest BCUT2D eigenvalue weighted by Crippen LogP contribution is -2.11. The molecular formula is C14H16ClFO2. The summed E-state index contributed by atoms with van der Waals surface area (Å²) in [5, 5.41) is 0.0689. The van der Waals surface area contributed by atoms with E-state index in [1.807, 2.05) is 0 Å². The van der Waals surface area contributed by atoms with Gasteiger partial charge in [-0.3, -0.25) is 4.79 Å². The van der Waals surface area contributed by atoms with E-state index in [0.717, 1.165) is 25.9 Å². The summed E-state index contributed by atoms with van der Waals surface area (Å²) < 4.78 is 19.0. The molecule has 18 heavy (non-hydrogen) atoms. The van der Waals surface area contributed by atoms with Crippen molar-refractivity contribution in [2.24, 2.45) is 0 Å². The molecule has 0 amide bonds. The van der Waals surface area contributed by atoms with Crippen molar-refractivity contribution in [3.05, 3.63) is 34.6 Å². The number of Topliss-reactive ketones (excluding diaryl/α,β-unsaturated/α-hetero) is 1. The number of ketones is 1. The first-order valence-corrected chi connectivity index (χ1v) is 6.61. The van der Waals surface area contributed by atoms with Gasteiger partial charge in [-0.1, -0.05) is 23.7 Å². The molecule has 0 radical (unpaired) electrons. The van der Waals surface area contributed by atoms with Crippen LogP contribution in [-0.2, 0) is 16.0 Å². The predicted octanol–water partition coefficient (Wildman–Crippen LogP) is 3.55. The highest BCUT2D eigenvalue weighted by Gasteiger charge is 2.17. The summed E-state index contributed by atoms with van der Waals surface area (Å²) in [6, 6.07) is 4.75. The summed E-state index contributed by atoms with van der Waals surface area (Å²) in [4.78, 5) is 11.8. The van der Waals surface area contributed by atoms with Crippen LogP contribution < -0.4 is 0 Å². The number of hydrogen-bond donors (Lipinski definition) is 0. The quantitative estimate of drug-likeness (QED) is 0.818. The van der Waals surface area contributed by atoms with Gasteiger partial charge in [-0.25, -0.2) is 4.39 Å². The topological polar surface area (TPSA) is 26.3 Å². The fourth-order valence-corrected chi connectivity index (χ4v) is 2.37. The molecule has 0 aliphatic carbocycles. The van der Waals surface area contributed by atoms with E-state index < -0.39 is 5.82 Å². The fraction of sp³-hybridized carbons (Fsp3) is 0.500.